The molecule has 2 N–H and O–H groups in total. The van der Waals surface area contributed by atoms with Crippen LogP contribution in [0.1, 0.15) is 17.7 Å². The Morgan fingerprint density at radius 3 is 2.88 bits per heavy atom. The zero-order valence-electron chi connectivity index (χ0n) is 10.0. The lowest BCUT2D eigenvalue weighted by Gasteiger charge is -2.20. The minimum atomic E-state index is 0.258. The van der Waals surface area contributed by atoms with Gasteiger partial charge in [0.05, 0.1) is 6.26 Å². The average Bonchev–Trinajstić information content (AvgIpc) is 2.77. The van der Waals surface area contributed by atoms with Crippen molar-refractivity contribution in [1.29, 1.82) is 0 Å². The topological polar surface area (TPSA) is 42.4 Å². The molecule has 0 saturated heterocycles. The smallest absolute Gasteiger partial charge is 0.105 e. The molecule has 3 nitrogen and oxygen atoms in total. The summed E-state index contributed by atoms with van der Waals surface area (Å²) in [6, 6.07) is 2.30. The molecule has 0 bridgehead atoms. The molecule has 0 aliphatic heterocycles. The predicted molar refractivity (Wildman–Crippen MR) is 65.0 cm³/mol. The SMILES string of the molecule is Cc1occc1CN(C)CC1C=CC(N)C1. The van der Waals surface area contributed by atoms with Crippen molar-refractivity contribution in [3.63, 3.8) is 0 Å². The molecule has 0 aromatic carbocycles. The molecular formula is C13H20N2O. The summed E-state index contributed by atoms with van der Waals surface area (Å²) in [7, 11) is 2.14. The number of nitrogens with zero attached hydrogens (tertiary/aromatic N) is 1. The van der Waals surface area contributed by atoms with E-state index < -0.39 is 0 Å². The molecule has 1 aliphatic rings. The van der Waals surface area contributed by atoms with Gasteiger partial charge in [-0.05, 0) is 32.4 Å². The van der Waals surface area contributed by atoms with E-state index in [0.29, 0.717) is 5.92 Å². The van der Waals surface area contributed by atoms with E-state index in [1.54, 1.807) is 6.26 Å². The first kappa shape index (κ1) is 11.4. The van der Waals surface area contributed by atoms with E-state index in [4.69, 9.17) is 10.2 Å². The minimum Gasteiger partial charge on any atom is -0.469 e. The van der Waals surface area contributed by atoms with E-state index in [1.165, 1.54) is 5.56 Å². The fraction of sp³-hybridized carbons (Fsp3) is 0.538. The maximum absolute atomic E-state index is 5.84. The van der Waals surface area contributed by atoms with Crippen LogP contribution in [0.3, 0.4) is 0 Å². The Balaban J connectivity index is 1.83. The highest BCUT2D eigenvalue weighted by Gasteiger charge is 2.17. The molecule has 2 atom stereocenters. The fourth-order valence-corrected chi connectivity index (χ4v) is 2.27. The van der Waals surface area contributed by atoms with Crippen LogP contribution in [0.15, 0.2) is 28.9 Å². The van der Waals surface area contributed by atoms with E-state index in [2.05, 4.69) is 24.1 Å². The van der Waals surface area contributed by atoms with Crippen molar-refractivity contribution in [2.45, 2.75) is 25.9 Å². The number of nitrogens with two attached hydrogens (primary N) is 1. The molecule has 1 aromatic rings. The van der Waals surface area contributed by atoms with Crippen molar-refractivity contribution in [1.82, 2.24) is 4.90 Å². The summed E-state index contributed by atoms with van der Waals surface area (Å²) in [6.07, 6.45) is 7.18. The molecule has 2 rings (SSSR count). The van der Waals surface area contributed by atoms with Crippen molar-refractivity contribution in [2.75, 3.05) is 13.6 Å². The van der Waals surface area contributed by atoms with Crippen LogP contribution in [-0.2, 0) is 6.54 Å². The van der Waals surface area contributed by atoms with E-state index >= 15 is 0 Å². The van der Waals surface area contributed by atoms with E-state index in [0.717, 1.165) is 25.3 Å². The van der Waals surface area contributed by atoms with Crippen LogP contribution in [-0.4, -0.2) is 24.5 Å². The summed E-state index contributed by atoms with van der Waals surface area (Å²) in [4.78, 5) is 2.32. The first-order valence-corrected chi connectivity index (χ1v) is 5.80. The van der Waals surface area contributed by atoms with Crippen molar-refractivity contribution >= 4 is 0 Å². The largest absolute Gasteiger partial charge is 0.469 e. The quantitative estimate of drug-likeness (QED) is 0.788. The third-order valence-electron chi connectivity index (χ3n) is 3.16. The Bertz CT molecular complexity index is 370. The maximum atomic E-state index is 5.84. The van der Waals surface area contributed by atoms with Crippen molar-refractivity contribution in [3.05, 3.63) is 35.8 Å². The Morgan fingerprint density at radius 2 is 2.31 bits per heavy atom. The van der Waals surface area contributed by atoms with Crippen molar-refractivity contribution in [2.24, 2.45) is 11.7 Å². The van der Waals surface area contributed by atoms with E-state index in [-0.39, 0.29) is 6.04 Å². The van der Waals surface area contributed by atoms with Gasteiger partial charge < -0.3 is 15.1 Å². The summed E-state index contributed by atoms with van der Waals surface area (Å²) < 4.78 is 5.29. The van der Waals surface area contributed by atoms with Gasteiger partial charge in [0, 0.05) is 24.7 Å². The first-order valence-electron chi connectivity index (χ1n) is 5.80. The highest BCUT2D eigenvalue weighted by molar-refractivity contribution is 5.15. The molecule has 1 heterocycles. The molecule has 0 spiro atoms. The molecule has 3 heteroatoms. The summed E-state index contributed by atoms with van der Waals surface area (Å²) in [6.45, 7) is 4.02. The second kappa shape index (κ2) is 4.85. The van der Waals surface area contributed by atoms with Crippen LogP contribution in [0, 0.1) is 12.8 Å². The average molecular weight is 220 g/mol. The van der Waals surface area contributed by atoms with E-state index in [9.17, 15) is 0 Å². The van der Waals surface area contributed by atoms with E-state index in [1.807, 2.05) is 13.0 Å². The van der Waals surface area contributed by atoms with Crippen LogP contribution >= 0.6 is 0 Å². The number of hydrogen-bond donors (Lipinski definition) is 1. The second-order valence-corrected chi connectivity index (χ2v) is 4.74. The zero-order valence-corrected chi connectivity index (χ0v) is 10.0. The van der Waals surface area contributed by atoms with Crippen molar-refractivity contribution in [3.8, 4) is 0 Å². The lowest BCUT2D eigenvalue weighted by molar-refractivity contribution is 0.286. The third kappa shape index (κ3) is 2.74. The normalized spacial score (nSPS) is 24.5. The molecule has 16 heavy (non-hydrogen) atoms. The maximum Gasteiger partial charge on any atom is 0.105 e. The summed E-state index contributed by atoms with van der Waals surface area (Å²) in [5.41, 5.74) is 7.11. The second-order valence-electron chi connectivity index (χ2n) is 4.74. The van der Waals surface area contributed by atoms with Gasteiger partial charge in [0.2, 0.25) is 0 Å². The molecule has 0 fully saturated rings. The molecule has 0 amide bonds. The molecule has 1 aromatic heterocycles. The number of furan rings is 1. The molecular weight excluding hydrogens is 200 g/mol. The van der Waals surface area contributed by atoms with Gasteiger partial charge in [0.1, 0.15) is 5.76 Å². The highest BCUT2D eigenvalue weighted by atomic mass is 16.3. The molecule has 88 valence electrons. The fourth-order valence-electron chi connectivity index (χ4n) is 2.27. The summed E-state index contributed by atoms with van der Waals surface area (Å²) in [5, 5.41) is 0. The van der Waals surface area contributed by atoms with Gasteiger partial charge in [-0.1, -0.05) is 12.2 Å². The molecule has 0 saturated carbocycles. The van der Waals surface area contributed by atoms with Gasteiger partial charge in [-0.25, -0.2) is 0 Å². The Labute approximate surface area is 96.9 Å². The predicted octanol–water partition coefficient (Wildman–Crippen LogP) is 1.92. The van der Waals surface area contributed by atoms with Crippen LogP contribution in [0.25, 0.3) is 0 Å². The minimum absolute atomic E-state index is 0.258. The van der Waals surface area contributed by atoms with Crippen LogP contribution in [0.2, 0.25) is 0 Å². The van der Waals surface area contributed by atoms with Gasteiger partial charge in [-0.3, -0.25) is 0 Å². The van der Waals surface area contributed by atoms with Crippen molar-refractivity contribution < 1.29 is 4.42 Å². The highest BCUT2D eigenvalue weighted by Crippen LogP contribution is 2.18. The Kier molecular flexibility index (Phi) is 3.46. The van der Waals surface area contributed by atoms with Crippen LogP contribution in [0.5, 0.6) is 0 Å². The van der Waals surface area contributed by atoms with Gasteiger partial charge >= 0.3 is 0 Å². The summed E-state index contributed by atoms with van der Waals surface area (Å²) in [5.74, 6) is 1.62. The van der Waals surface area contributed by atoms with Gasteiger partial charge in [-0.15, -0.1) is 0 Å². The number of rotatable bonds is 4. The van der Waals surface area contributed by atoms with Gasteiger partial charge in [0.15, 0.2) is 0 Å². The monoisotopic (exact) mass is 220 g/mol. The van der Waals surface area contributed by atoms with Gasteiger partial charge in [-0.2, -0.15) is 0 Å². The first-order chi connectivity index (χ1) is 7.65. The lowest BCUT2D eigenvalue weighted by Crippen LogP contribution is -2.26. The zero-order chi connectivity index (χ0) is 11.5. The Hall–Kier alpha value is -1.06. The van der Waals surface area contributed by atoms with Gasteiger partial charge in [0.25, 0.3) is 0 Å². The number of aryl methyl sites for hydroxylation is 1. The lowest BCUT2D eigenvalue weighted by atomic mass is 10.1. The molecule has 2 unspecified atom stereocenters. The molecule has 0 radical (unpaired) electrons. The van der Waals surface area contributed by atoms with Crippen LogP contribution < -0.4 is 5.73 Å². The third-order valence-corrected chi connectivity index (χ3v) is 3.16. The standard InChI is InChI=1S/C13H20N2O/c1-10-12(5-6-16-10)9-15(2)8-11-3-4-13(14)7-11/h3-6,11,13H,7-9,14H2,1-2H3. The number of hydrogen-bond acceptors (Lipinski definition) is 3. The molecule has 1 aliphatic carbocycles. The van der Waals surface area contributed by atoms with Crippen LogP contribution in [0.4, 0.5) is 0 Å². The summed E-state index contributed by atoms with van der Waals surface area (Å²) >= 11 is 0. The Morgan fingerprint density at radius 1 is 1.50 bits per heavy atom.